The molecule has 5 N–H and O–H groups in total. The van der Waals surface area contributed by atoms with Gasteiger partial charge in [-0.15, -0.1) is 0 Å². The normalized spacial score (nSPS) is 18.5. The maximum absolute atomic E-state index is 11.3. The fourth-order valence-corrected chi connectivity index (χ4v) is 5.94. The van der Waals surface area contributed by atoms with E-state index in [-0.39, 0.29) is 0 Å². The first-order chi connectivity index (χ1) is 7.37. The minimum Gasteiger partial charge on any atom is -0.376 e. The van der Waals surface area contributed by atoms with Gasteiger partial charge in [-0.05, 0) is 0 Å². The van der Waals surface area contributed by atoms with Crippen molar-refractivity contribution in [3.63, 3.8) is 0 Å². The molecule has 0 aromatic rings. The first-order valence-electron chi connectivity index (χ1n) is 4.25. The van der Waals surface area contributed by atoms with Crippen LogP contribution in [0.4, 0.5) is 0 Å². The maximum atomic E-state index is 11.3. The minimum absolute atomic E-state index is 0.856. The van der Waals surface area contributed by atoms with Crippen LogP contribution in [0.3, 0.4) is 0 Å². The molecule has 1 radical (unpaired) electrons. The largest absolute Gasteiger partial charge is 0.376 e. The molecule has 0 amide bonds. The van der Waals surface area contributed by atoms with Crippen LogP contribution in [-0.2, 0) is 18.1 Å². The van der Waals surface area contributed by atoms with E-state index in [9.17, 15) is 13.7 Å². The summed E-state index contributed by atoms with van der Waals surface area (Å²) < 4.78 is 37.1. The average molecular weight is 309 g/mol. The molecule has 0 saturated heterocycles. The third-order valence-electron chi connectivity index (χ3n) is 1.64. The number of hydrogen-bond acceptors (Lipinski definition) is 4. The highest BCUT2D eigenvalue weighted by molar-refractivity contribution is 7.59. The predicted octanol–water partition coefficient (Wildman–Crippen LogP) is -0.420. The van der Waals surface area contributed by atoms with Crippen molar-refractivity contribution in [2.24, 2.45) is 0 Å². The summed E-state index contributed by atoms with van der Waals surface area (Å²) in [5.41, 5.74) is -1.93. The molecular weight excluding hydrogens is 296 g/mol. The Labute approximate surface area is 98.3 Å². The third-order valence-corrected chi connectivity index (χ3v) is 5.89. The summed E-state index contributed by atoms with van der Waals surface area (Å²) in [5, 5.41) is 0. The van der Waals surface area contributed by atoms with Gasteiger partial charge in [0.25, 0.3) is 0 Å². The molecule has 0 saturated carbocycles. The molecule has 2 atom stereocenters. The second kappa shape index (κ2) is 6.11. The lowest BCUT2D eigenvalue weighted by atomic mass is 10.1. The molecule has 0 heterocycles. The van der Waals surface area contributed by atoms with Crippen LogP contribution in [0.1, 0.15) is 0 Å². The molecule has 101 valence electrons. The lowest BCUT2D eigenvalue weighted by molar-refractivity contribution is 0.343. The van der Waals surface area contributed by atoms with E-state index >= 15 is 0 Å². The van der Waals surface area contributed by atoms with Crippen LogP contribution in [0.2, 0.25) is 6.82 Å². The maximum Gasteiger partial charge on any atom is 0.329 e. The molecule has 13 heteroatoms. The van der Waals surface area contributed by atoms with Crippen LogP contribution in [0.15, 0.2) is 0 Å². The smallest absolute Gasteiger partial charge is 0.329 e. The van der Waals surface area contributed by atoms with Gasteiger partial charge in [-0.1, -0.05) is 6.82 Å². The van der Waals surface area contributed by atoms with E-state index in [0.29, 0.717) is 0 Å². The molecule has 0 aliphatic carbocycles. The molecule has 0 bridgehead atoms. The van der Waals surface area contributed by atoms with Crippen molar-refractivity contribution in [3.8, 4) is 0 Å². The number of hydrogen-bond donors (Lipinski definition) is 5. The quantitative estimate of drug-likeness (QED) is 0.310. The van der Waals surface area contributed by atoms with E-state index in [0.717, 1.165) is 7.48 Å². The molecule has 0 aliphatic rings. The molecule has 0 spiro atoms. The van der Waals surface area contributed by atoms with E-state index in [1.165, 1.54) is 6.82 Å². The van der Waals surface area contributed by atoms with Crippen LogP contribution in [0.25, 0.3) is 0 Å². The zero-order chi connectivity index (χ0) is 13.9. The molecule has 0 aromatic heterocycles. The minimum atomic E-state index is -4.91. The van der Waals surface area contributed by atoms with Crippen molar-refractivity contribution < 1.29 is 42.6 Å². The van der Waals surface area contributed by atoms with Crippen molar-refractivity contribution in [1.82, 2.24) is 0 Å². The van der Waals surface area contributed by atoms with Gasteiger partial charge in [-0.25, -0.2) is 0 Å². The predicted molar refractivity (Wildman–Crippen MR) is 60.1 cm³/mol. The second-order valence-electron chi connectivity index (χ2n) is 3.25. The molecule has 0 rings (SSSR count). The lowest BCUT2D eigenvalue weighted by Gasteiger charge is -2.21. The van der Waals surface area contributed by atoms with Gasteiger partial charge in [0.15, 0.2) is 0 Å². The topological polar surface area (TPSA) is 162 Å². The monoisotopic (exact) mass is 309 g/mol. The third kappa shape index (κ3) is 8.27. The summed E-state index contributed by atoms with van der Waals surface area (Å²) in [5.74, 6) is 0. The highest BCUT2D eigenvalue weighted by atomic mass is 31.2. The highest BCUT2D eigenvalue weighted by Gasteiger charge is 2.40. The van der Waals surface area contributed by atoms with Gasteiger partial charge >= 0.3 is 30.3 Å². The summed E-state index contributed by atoms with van der Waals surface area (Å²) in [7, 11) is -13.1. The van der Waals surface area contributed by atoms with Crippen LogP contribution in [-0.4, -0.2) is 49.9 Å². The van der Waals surface area contributed by atoms with E-state index in [2.05, 4.69) is 4.44 Å². The zero-order valence-electron chi connectivity index (χ0n) is 8.78. The SMILES string of the molecule is C[B]OP(=O)(O)CC(CP(=O)(O)O)P(=O)(O)O. The van der Waals surface area contributed by atoms with Crippen LogP contribution in [0, 0.1) is 0 Å². The fraction of sp³-hybridized carbons (Fsp3) is 1.00. The first kappa shape index (κ1) is 17.5. The summed E-state index contributed by atoms with van der Waals surface area (Å²) in [6, 6.07) is 0. The van der Waals surface area contributed by atoms with Gasteiger partial charge in [-0.3, -0.25) is 13.7 Å². The van der Waals surface area contributed by atoms with E-state index in [1.54, 1.807) is 0 Å². The van der Waals surface area contributed by atoms with Gasteiger partial charge in [0.2, 0.25) is 0 Å². The Morgan fingerprint density at radius 3 is 1.82 bits per heavy atom. The van der Waals surface area contributed by atoms with Crippen molar-refractivity contribution in [3.05, 3.63) is 0 Å². The Kier molecular flexibility index (Phi) is 6.29. The second-order valence-corrected chi connectivity index (χ2v) is 8.71. The van der Waals surface area contributed by atoms with E-state index in [1.807, 2.05) is 0 Å². The Hall–Kier alpha value is 0.515. The van der Waals surface area contributed by atoms with Gasteiger partial charge < -0.3 is 28.9 Å². The summed E-state index contributed by atoms with van der Waals surface area (Å²) in [6.07, 6.45) is -2.22. The van der Waals surface area contributed by atoms with Crippen molar-refractivity contribution in [1.29, 1.82) is 0 Å². The van der Waals surface area contributed by atoms with Crippen molar-refractivity contribution in [2.45, 2.75) is 12.5 Å². The van der Waals surface area contributed by atoms with E-state index in [4.69, 9.17) is 24.5 Å². The summed E-state index contributed by atoms with van der Waals surface area (Å²) in [4.78, 5) is 44.1. The molecule has 2 unspecified atom stereocenters. The van der Waals surface area contributed by atoms with Crippen molar-refractivity contribution in [2.75, 3.05) is 12.3 Å². The highest BCUT2D eigenvalue weighted by Crippen LogP contribution is 2.55. The summed E-state index contributed by atoms with van der Waals surface area (Å²) >= 11 is 0. The fourth-order valence-electron chi connectivity index (χ4n) is 1.02. The van der Waals surface area contributed by atoms with Crippen molar-refractivity contribution >= 4 is 30.3 Å². The first-order valence-corrected chi connectivity index (χ1v) is 9.49. The van der Waals surface area contributed by atoms with E-state index < -0.39 is 40.8 Å². The van der Waals surface area contributed by atoms with Crippen LogP contribution in [0.5, 0.6) is 0 Å². The Balaban J connectivity index is 4.92. The lowest BCUT2D eigenvalue weighted by Crippen LogP contribution is -2.20. The van der Waals surface area contributed by atoms with Crippen LogP contribution < -0.4 is 0 Å². The van der Waals surface area contributed by atoms with Gasteiger partial charge in [0, 0.05) is 0 Å². The average Bonchev–Trinajstić information content (AvgIpc) is 1.97. The molecule has 0 fully saturated rings. The molecule has 0 aromatic carbocycles. The van der Waals surface area contributed by atoms with Gasteiger partial charge in [-0.2, -0.15) is 0 Å². The zero-order valence-corrected chi connectivity index (χ0v) is 11.5. The Bertz CT molecular complexity index is 384. The molecular formula is C4H13BO9P3. The molecule has 17 heavy (non-hydrogen) atoms. The Morgan fingerprint density at radius 2 is 1.53 bits per heavy atom. The number of rotatable bonds is 7. The molecule has 0 aliphatic heterocycles. The van der Waals surface area contributed by atoms with Gasteiger partial charge in [0.1, 0.15) is 0 Å². The van der Waals surface area contributed by atoms with Crippen LogP contribution >= 0.6 is 22.8 Å². The molecule has 9 nitrogen and oxygen atoms in total. The van der Waals surface area contributed by atoms with Gasteiger partial charge in [0.05, 0.1) is 18.0 Å². The summed E-state index contributed by atoms with van der Waals surface area (Å²) in [6.45, 7) is 1.28. The standard InChI is InChI=1S/C4H13BO9P3/c1-5-14-16(9,10)3-4(17(11,12)13)2-15(6,7)8/h4H,2-3H2,1H3,(H,9,10)(H2,6,7,8)(H2,11,12,13). The Morgan fingerprint density at radius 1 is 1.06 bits per heavy atom.